The van der Waals surface area contributed by atoms with Crippen molar-refractivity contribution in [2.75, 3.05) is 7.11 Å². The van der Waals surface area contributed by atoms with Gasteiger partial charge in [0.05, 0.1) is 11.9 Å². The molecular formula is C16H15BrO2. The lowest BCUT2D eigenvalue weighted by molar-refractivity contribution is -0.117. The van der Waals surface area contributed by atoms with E-state index >= 15 is 0 Å². The number of hydrogen-bond acceptors (Lipinski definition) is 2. The molecule has 0 radical (unpaired) electrons. The van der Waals surface area contributed by atoms with Gasteiger partial charge in [0.25, 0.3) is 0 Å². The number of benzene rings is 2. The first kappa shape index (κ1) is 13.8. The Bertz CT molecular complexity index is 534. The van der Waals surface area contributed by atoms with Gasteiger partial charge in [-0.05, 0) is 23.3 Å². The zero-order valence-electron chi connectivity index (χ0n) is 10.7. The van der Waals surface area contributed by atoms with Gasteiger partial charge in [0.2, 0.25) is 0 Å². The second kappa shape index (κ2) is 6.53. The van der Waals surface area contributed by atoms with Crippen LogP contribution in [0.5, 0.6) is 5.75 Å². The number of hydrogen-bond donors (Lipinski definition) is 0. The molecule has 0 spiro atoms. The minimum Gasteiger partial charge on any atom is -0.497 e. The number of halogens is 1. The SMILES string of the molecule is COc1ccc(C(Br)C(=O)Cc2ccccc2)cc1. The third kappa shape index (κ3) is 3.67. The molecule has 0 bridgehead atoms. The second-order valence-corrected chi connectivity index (χ2v) is 5.18. The summed E-state index contributed by atoms with van der Waals surface area (Å²) < 4.78 is 5.10. The van der Waals surface area contributed by atoms with Crippen molar-refractivity contribution in [3.63, 3.8) is 0 Å². The summed E-state index contributed by atoms with van der Waals surface area (Å²) >= 11 is 3.46. The highest BCUT2D eigenvalue weighted by atomic mass is 79.9. The minimum absolute atomic E-state index is 0.149. The van der Waals surface area contributed by atoms with Crippen molar-refractivity contribution in [2.24, 2.45) is 0 Å². The van der Waals surface area contributed by atoms with Crippen molar-refractivity contribution >= 4 is 21.7 Å². The first-order valence-electron chi connectivity index (χ1n) is 6.05. The van der Waals surface area contributed by atoms with Crippen molar-refractivity contribution in [3.8, 4) is 5.75 Å². The highest BCUT2D eigenvalue weighted by Gasteiger charge is 2.17. The number of ketones is 1. The summed E-state index contributed by atoms with van der Waals surface area (Å²) in [4.78, 5) is 11.9. The highest BCUT2D eigenvalue weighted by molar-refractivity contribution is 9.09. The molecule has 0 heterocycles. The first-order chi connectivity index (χ1) is 9.20. The maximum Gasteiger partial charge on any atom is 0.155 e. The number of methoxy groups -OCH3 is 1. The van der Waals surface area contributed by atoms with Crippen LogP contribution in [0.4, 0.5) is 0 Å². The summed E-state index contributed by atoms with van der Waals surface area (Å²) in [6.07, 6.45) is 0.433. The van der Waals surface area contributed by atoms with Gasteiger partial charge in [0, 0.05) is 6.42 Å². The van der Waals surface area contributed by atoms with Crippen molar-refractivity contribution in [1.29, 1.82) is 0 Å². The van der Waals surface area contributed by atoms with E-state index in [0.717, 1.165) is 16.9 Å². The third-order valence-corrected chi connectivity index (χ3v) is 3.95. The van der Waals surface area contributed by atoms with Crippen LogP contribution in [0.2, 0.25) is 0 Å². The van der Waals surface area contributed by atoms with Gasteiger partial charge in [-0.2, -0.15) is 0 Å². The molecule has 0 aromatic heterocycles. The zero-order chi connectivity index (χ0) is 13.7. The molecule has 19 heavy (non-hydrogen) atoms. The second-order valence-electron chi connectivity index (χ2n) is 4.26. The fraction of sp³-hybridized carbons (Fsp3) is 0.188. The normalized spacial score (nSPS) is 11.9. The number of Topliss-reactive ketones (excluding diaryl/α,β-unsaturated/α-hetero) is 1. The van der Waals surface area contributed by atoms with Gasteiger partial charge < -0.3 is 4.74 Å². The quantitative estimate of drug-likeness (QED) is 0.780. The number of ether oxygens (including phenoxy) is 1. The van der Waals surface area contributed by atoms with Crippen LogP contribution in [-0.2, 0) is 11.2 Å². The number of carbonyl (C=O) groups is 1. The lowest BCUT2D eigenvalue weighted by Gasteiger charge is -2.10. The number of alkyl halides is 1. The van der Waals surface area contributed by atoms with E-state index in [0.29, 0.717) is 6.42 Å². The highest BCUT2D eigenvalue weighted by Crippen LogP contribution is 2.26. The molecule has 0 fully saturated rings. The van der Waals surface area contributed by atoms with E-state index in [4.69, 9.17) is 4.74 Å². The van der Waals surface area contributed by atoms with Gasteiger partial charge in [-0.1, -0.05) is 58.4 Å². The average molecular weight is 319 g/mol. The Morgan fingerprint density at radius 3 is 2.32 bits per heavy atom. The van der Waals surface area contributed by atoms with Gasteiger partial charge in [-0.3, -0.25) is 4.79 Å². The van der Waals surface area contributed by atoms with Crippen LogP contribution in [0.1, 0.15) is 16.0 Å². The molecule has 3 heteroatoms. The molecule has 0 amide bonds. The molecule has 0 aliphatic carbocycles. The molecule has 2 nitrogen and oxygen atoms in total. The Balaban J connectivity index is 2.06. The molecule has 1 atom stereocenters. The van der Waals surface area contributed by atoms with Crippen LogP contribution in [0.25, 0.3) is 0 Å². The minimum atomic E-state index is -0.279. The average Bonchev–Trinajstić information content (AvgIpc) is 2.47. The predicted molar refractivity (Wildman–Crippen MR) is 79.8 cm³/mol. The zero-order valence-corrected chi connectivity index (χ0v) is 12.3. The van der Waals surface area contributed by atoms with Crippen LogP contribution in [0, 0.1) is 0 Å². The Hall–Kier alpha value is -1.61. The van der Waals surface area contributed by atoms with Gasteiger partial charge >= 0.3 is 0 Å². The maximum atomic E-state index is 12.2. The summed E-state index contributed by atoms with van der Waals surface area (Å²) in [5.41, 5.74) is 1.98. The van der Waals surface area contributed by atoms with Crippen molar-refractivity contribution in [3.05, 3.63) is 65.7 Å². The van der Waals surface area contributed by atoms with Crippen LogP contribution < -0.4 is 4.74 Å². The summed E-state index contributed by atoms with van der Waals surface area (Å²) in [7, 11) is 1.63. The molecule has 0 N–H and O–H groups in total. The van der Waals surface area contributed by atoms with Crippen molar-refractivity contribution < 1.29 is 9.53 Å². The van der Waals surface area contributed by atoms with Crippen LogP contribution in [-0.4, -0.2) is 12.9 Å². The molecule has 98 valence electrons. The lowest BCUT2D eigenvalue weighted by Crippen LogP contribution is -2.09. The Kier molecular flexibility index (Phi) is 4.74. The van der Waals surface area contributed by atoms with E-state index in [1.807, 2.05) is 54.6 Å². The van der Waals surface area contributed by atoms with Crippen LogP contribution >= 0.6 is 15.9 Å². The van der Waals surface area contributed by atoms with Gasteiger partial charge in [0.15, 0.2) is 5.78 Å². The molecule has 0 aliphatic heterocycles. The standard InChI is InChI=1S/C16H15BrO2/c1-19-14-9-7-13(8-10-14)16(17)15(18)11-12-5-3-2-4-6-12/h2-10,16H,11H2,1H3. The van der Waals surface area contributed by atoms with E-state index in [9.17, 15) is 4.79 Å². The topological polar surface area (TPSA) is 26.3 Å². The fourth-order valence-corrected chi connectivity index (χ4v) is 2.31. The van der Waals surface area contributed by atoms with E-state index < -0.39 is 0 Å². The molecule has 2 aromatic carbocycles. The lowest BCUT2D eigenvalue weighted by atomic mass is 10.0. The fourth-order valence-electron chi connectivity index (χ4n) is 1.85. The molecule has 2 aromatic rings. The van der Waals surface area contributed by atoms with E-state index in [1.54, 1.807) is 7.11 Å². The first-order valence-corrected chi connectivity index (χ1v) is 6.97. The van der Waals surface area contributed by atoms with Gasteiger partial charge in [-0.15, -0.1) is 0 Å². The summed E-state index contributed by atoms with van der Waals surface area (Å²) in [5, 5.41) is 0. The maximum absolute atomic E-state index is 12.2. The monoisotopic (exact) mass is 318 g/mol. The Labute approximate surface area is 121 Å². The van der Waals surface area contributed by atoms with E-state index in [2.05, 4.69) is 15.9 Å². The Morgan fingerprint density at radius 2 is 1.74 bits per heavy atom. The smallest absolute Gasteiger partial charge is 0.155 e. The molecule has 0 saturated carbocycles. The number of rotatable bonds is 5. The van der Waals surface area contributed by atoms with E-state index in [1.165, 1.54) is 0 Å². The summed E-state index contributed by atoms with van der Waals surface area (Å²) in [6.45, 7) is 0. The summed E-state index contributed by atoms with van der Waals surface area (Å²) in [6, 6.07) is 17.3. The van der Waals surface area contributed by atoms with E-state index in [-0.39, 0.29) is 10.6 Å². The molecule has 1 unspecified atom stereocenters. The van der Waals surface area contributed by atoms with Gasteiger partial charge in [0.1, 0.15) is 5.75 Å². The Morgan fingerprint density at radius 1 is 1.11 bits per heavy atom. The largest absolute Gasteiger partial charge is 0.497 e. The predicted octanol–water partition coefficient (Wildman–Crippen LogP) is 3.94. The molecule has 0 saturated heterocycles. The summed E-state index contributed by atoms with van der Waals surface area (Å²) in [5.74, 6) is 0.940. The van der Waals surface area contributed by atoms with Crippen molar-refractivity contribution in [2.45, 2.75) is 11.2 Å². The molecule has 2 rings (SSSR count). The van der Waals surface area contributed by atoms with Gasteiger partial charge in [-0.25, -0.2) is 0 Å². The third-order valence-electron chi connectivity index (χ3n) is 2.91. The van der Waals surface area contributed by atoms with Crippen LogP contribution in [0.3, 0.4) is 0 Å². The molecule has 0 aliphatic rings. The van der Waals surface area contributed by atoms with Crippen LogP contribution in [0.15, 0.2) is 54.6 Å². The number of carbonyl (C=O) groups excluding carboxylic acids is 1. The molecular weight excluding hydrogens is 304 g/mol. The van der Waals surface area contributed by atoms with Crippen molar-refractivity contribution in [1.82, 2.24) is 0 Å².